The van der Waals surface area contributed by atoms with Crippen LogP contribution < -0.4 is 5.73 Å². The van der Waals surface area contributed by atoms with Gasteiger partial charge in [-0.2, -0.15) is 0 Å². The Kier molecular flexibility index (Phi) is 8.38. The molecule has 3 nitrogen and oxygen atoms in total. The smallest absolute Gasteiger partial charge is 0.234 e. The molecule has 0 radical (unpaired) electrons. The summed E-state index contributed by atoms with van der Waals surface area (Å²) in [6.07, 6.45) is 5.44. The molecule has 1 unspecified atom stereocenters. The van der Waals surface area contributed by atoms with E-state index in [1.54, 1.807) is 0 Å². The molecule has 3 heteroatoms. The van der Waals surface area contributed by atoms with Crippen molar-refractivity contribution < 1.29 is 4.79 Å². The highest BCUT2D eigenvalue weighted by atomic mass is 16.1. The van der Waals surface area contributed by atoms with E-state index in [0.717, 1.165) is 45.2 Å². The second-order valence-corrected chi connectivity index (χ2v) is 4.07. The Labute approximate surface area is 94.0 Å². The molecule has 1 amide bonds. The first kappa shape index (κ1) is 14.4. The van der Waals surface area contributed by atoms with Gasteiger partial charge in [0.1, 0.15) is 0 Å². The molecule has 0 aromatic carbocycles. The lowest BCUT2D eigenvalue weighted by Crippen LogP contribution is -2.45. The molecule has 0 aromatic rings. The lowest BCUT2D eigenvalue weighted by molar-refractivity contribution is -0.123. The van der Waals surface area contributed by atoms with E-state index in [-0.39, 0.29) is 11.9 Å². The molecule has 0 bridgehead atoms. The number of carbonyl (C=O) groups is 1. The fraction of sp³-hybridized carbons (Fsp3) is 0.917. The first-order valence-electron chi connectivity index (χ1n) is 6.20. The van der Waals surface area contributed by atoms with Gasteiger partial charge in [0.25, 0.3) is 0 Å². The van der Waals surface area contributed by atoms with E-state index in [9.17, 15) is 4.79 Å². The average Bonchev–Trinajstić information content (AvgIpc) is 2.21. The van der Waals surface area contributed by atoms with Gasteiger partial charge in [0.05, 0.1) is 6.04 Å². The summed E-state index contributed by atoms with van der Waals surface area (Å²) in [5, 5.41) is 0. The number of amides is 1. The first-order valence-corrected chi connectivity index (χ1v) is 6.20. The Balaban J connectivity index is 4.22. The highest BCUT2D eigenvalue weighted by molar-refractivity contribution is 5.79. The summed E-state index contributed by atoms with van der Waals surface area (Å²) in [5.74, 6) is -0.176. The lowest BCUT2D eigenvalue weighted by atomic mass is 10.1. The van der Waals surface area contributed by atoms with E-state index in [4.69, 9.17) is 5.73 Å². The number of nitrogens with zero attached hydrogens (tertiary/aromatic N) is 1. The van der Waals surface area contributed by atoms with Crippen molar-refractivity contribution in [2.24, 2.45) is 5.73 Å². The van der Waals surface area contributed by atoms with Gasteiger partial charge in [-0.1, -0.05) is 33.6 Å². The fourth-order valence-electron chi connectivity index (χ4n) is 1.79. The normalized spacial score (nSPS) is 13.1. The molecule has 0 saturated heterocycles. The fourth-order valence-corrected chi connectivity index (χ4v) is 1.79. The monoisotopic (exact) mass is 214 g/mol. The first-order chi connectivity index (χ1) is 7.17. The van der Waals surface area contributed by atoms with Crippen LogP contribution in [0.15, 0.2) is 0 Å². The maximum atomic E-state index is 11.3. The van der Waals surface area contributed by atoms with E-state index in [1.807, 2.05) is 6.92 Å². The zero-order chi connectivity index (χ0) is 11.7. The van der Waals surface area contributed by atoms with Gasteiger partial charge in [-0.3, -0.25) is 9.69 Å². The van der Waals surface area contributed by atoms with Crippen LogP contribution in [0.25, 0.3) is 0 Å². The predicted octanol–water partition coefficient (Wildman–Crippen LogP) is 2.15. The summed E-state index contributed by atoms with van der Waals surface area (Å²) >= 11 is 0. The Morgan fingerprint density at radius 1 is 1.13 bits per heavy atom. The molecule has 2 N–H and O–H groups in total. The number of rotatable bonds is 9. The molecule has 0 aliphatic rings. The third-order valence-electron chi connectivity index (χ3n) is 2.75. The van der Waals surface area contributed by atoms with Crippen LogP contribution in [0.5, 0.6) is 0 Å². The number of hydrogen-bond acceptors (Lipinski definition) is 2. The zero-order valence-corrected chi connectivity index (χ0v) is 10.5. The maximum absolute atomic E-state index is 11.3. The summed E-state index contributed by atoms with van der Waals surface area (Å²) in [5.41, 5.74) is 5.41. The molecular formula is C12H26N2O. The SMILES string of the molecule is CCCCN(CCCC)C(CC)C(N)=O. The van der Waals surface area contributed by atoms with E-state index >= 15 is 0 Å². The van der Waals surface area contributed by atoms with Gasteiger partial charge in [0.15, 0.2) is 0 Å². The summed E-state index contributed by atoms with van der Waals surface area (Å²) in [6.45, 7) is 8.36. The summed E-state index contributed by atoms with van der Waals surface area (Å²) < 4.78 is 0. The van der Waals surface area contributed by atoms with Crippen molar-refractivity contribution >= 4 is 5.91 Å². The lowest BCUT2D eigenvalue weighted by Gasteiger charge is -2.28. The van der Waals surface area contributed by atoms with Gasteiger partial charge < -0.3 is 5.73 Å². The molecule has 0 aliphatic heterocycles. The van der Waals surface area contributed by atoms with Crippen LogP contribution >= 0.6 is 0 Å². The highest BCUT2D eigenvalue weighted by Crippen LogP contribution is 2.08. The Hall–Kier alpha value is -0.570. The molecule has 0 saturated carbocycles. The van der Waals surface area contributed by atoms with E-state index in [2.05, 4.69) is 18.7 Å². The third kappa shape index (κ3) is 5.78. The third-order valence-corrected chi connectivity index (χ3v) is 2.75. The molecule has 0 fully saturated rings. The number of unbranched alkanes of at least 4 members (excludes halogenated alkanes) is 2. The van der Waals surface area contributed by atoms with Crippen LogP contribution in [0.1, 0.15) is 52.9 Å². The highest BCUT2D eigenvalue weighted by Gasteiger charge is 2.20. The largest absolute Gasteiger partial charge is 0.368 e. The van der Waals surface area contributed by atoms with Gasteiger partial charge in [-0.15, -0.1) is 0 Å². The average molecular weight is 214 g/mol. The number of primary amides is 1. The van der Waals surface area contributed by atoms with Crippen molar-refractivity contribution in [3.63, 3.8) is 0 Å². The van der Waals surface area contributed by atoms with E-state index in [0.29, 0.717) is 0 Å². The second kappa shape index (κ2) is 8.72. The molecule has 0 aliphatic carbocycles. The van der Waals surface area contributed by atoms with Crippen molar-refractivity contribution in [3.05, 3.63) is 0 Å². The summed E-state index contributed by atoms with van der Waals surface area (Å²) in [4.78, 5) is 13.5. The minimum absolute atomic E-state index is 0.0666. The second-order valence-electron chi connectivity index (χ2n) is 4.07. The van der Waals surface area contributed by atoms with Crippen molar-refractivity contribution in [2.45, 2.75) is 58.9 Å². The quantitative estimate of drug-likeness (QED) is 0.639. The number of hydrogen-bond donors (Lipinski definition) is 1. The van der Waals surface area contributed by atoms with Gasteiger partial charge in [-0.25, -0.2) is 0 Å². The van der Waals surface area contributed by atoms with Crippen LogP contribution in [-0.4, -0.2) is 29.9 Å². The van der Waals surface area contributed by atoms with Crippen molar-refractivity contribution in [1.82, 2.24) is 4.90 Å². The topological polar surface area (TPSA) is 46.3 Å². The molecule has 0 spiro atoms. The van der Waals surface area contributed by atoms with Crippen molar-refractivity contribution in [1.29, 1.82) is 0 Å². The van der Waals surface area contributed by atoms with E-state index < -0.39 is 0 Å². The zero-order valence-electron chi connectivity index (χ0n) is 10.5. The standard InChI is InChI=1S/C12H26N2O/c1-4-7-9-14(10-8-5-2)11(6-3)12(13)15/h11H,4-10H2,1-3H3,(H2,13,15). The molecule has 0 rings (SSSR count). The molecule has 0 aromatic heterocycles. The van der Waals surface area contributed by atoms with E-state index in [1.165, 1.54) is 0 Å². The van der Waals surface area contributed by atoms with Gasteiger partial charge >= 0.3 is 0 Å². The summed E-state index contributed by atoms with van der Waals surface area (Å²) in [7, 11) is 0. The van der Waals surface area contributed by atoms with Crippen LogP contribution in [0.3, 0.4) is 0 Å². The van der Waals surface area contributed by atoms with Crippen molar-refractivity contribution in [3.8, 4) is 0 Å². The Bertz CT molecular complexity index is 163. The van der Waals surface area contributed by atoms with Crippen LogP contribution in [0, 0.1) is 0 Å². The molecular weight excluding hydrogens is 188 g/mol. The van der Waals surface area contributed by atoms with Gasteiger partial charge in [0.2, 0.25) is 5.91 Å². The molecule has 0 heterocycles. The van der Waals surface area contributed by atoms with Gasteiger partial charge in [0, 0.05) is 0 Å². The molecule has 1 atom stereocenters. The summed E-state index contributed by atoms with van der Waals surface area (Å²) in [6, 6.07) is -0.0666. The molecule has 90 valence electrons. The number of nitrogens with two attached hydrogens (primary N) is 1. The van der Waals surface area contributed by atoms with Crippen LogP contribution in [0.4, 0.5) is 0 Å². The predicted molar refractivity (Wildman–Crippen MR) is 64.7 cm³/mol. The van der Waals surface area contributed by atoms with Crippen LogP contribution in [0.2, 0.25) is 0 Å². The minimum Gasteiger partial charge on any atom is -0.368 e. The Morgan fingerprint density at radius 3 is 1.87 bits per heavy atom. The number of carbonyl (C=O) groups excluding carboxylic acids is 1. The minimum atomic E-state index is -0.176. The maximum Gasteiger partial charge on any atom is 0.234 e. The molecule has 15 heavy (non-hydrogen) atoms. The van der Waals surface area contributed by atoms with Crippen LogP contribution in [-0.2, 0) is 4.79 Å². The van der Waals surface area contributed by atoms with Crippen molar-refractivity contribution in [2.75, 3.05) is 13.1 Å². The van der Waals surface area contributed by atoms with Gasteiger partial charge in [-0.05, 0) is 32.4 Å². The Morgan fingerprint density at radius 2 is 1.60 bits per heavy atom.